The SMILES string of the molecule is CCNc1ncc(C(=O)NCc2ncoc2C)s1. The second-order valence-corrected chi connectivity index (χ2v) is 4.63. The maximum Gasteiger partial charge on any atom is 0.263 e. The summed E-state index contributed by atoms with van der Waals surface area (Å²) in [5, 5.41) is 6.59. The van der Waals surface area contributed by atoms with E-state index in [0.717, 1.165) is 17.4 Å². The van der Waals surface area contributed by atoms with Crippen LogP contribution in [-0.4, -0.2) is 22.4 Å². The van der Waals surface area contributed by atoms with Gasteiger partial charge in [0.05, 0.1) is 12.7 Å². The lowest BCUT2D eigenvalue weighted by molar-refractivity contribution is 0.0954. The van der Waals surface area contributed by atoms with E-state index in [9.17, 15) is 4.79 Å². The minimum absolute atomic E-state index is 0.154. The summed E-state index contributed by atoms with van der Waals surface area (Å²) in [6.07, 6.45) is 2.93. The van der Waals surface area contributed by atoms with Crippen LogP contribution in [0.5, 0.6) is 0 Å². The number of carbonyl (C=O) groups is 1. The molecule has 2 aromatic rings. The summed E-state index contributed by atoms with van der Waals surface area (Å²) >= 11 is 1.33. The molecule has 0 aliphatic carbocycles. The molecule has 2 N–H and O–H groups in total. The van der Waals surface area contributed by atoms with Crippen molar-refractivity contribution in [3.05, 3.63) is 28.9 Å². The fourth-order valence-electron chi connectivity index (χ4n) is 1.36. The predicted octanol–water partition coefficient (Wildman–Crippen LogP) is 1.80. The molecule has 0 bridgehead atoms. The third-order valence-corrected chi connectivity index (χ3v) is 3.27. The van der Waals surface area contributed by atoms with Crippen molar-refractivity contribution < 1.29 is 9.21 Å². The summed E-state index contributed by atoms with van der Waals surface area (Å²) in [5.74, 6) is 0.562. The molecule has 0 fully saturated rings. The highest BCUT2D eigenvalue weighted by Gasteiger charge is 2.11. The smallest absolute Gasteiger partial charge is 0.263 e. The standard InChI is InChI=1S/C11H14N4O2S/c1-3-12-11-14-5-9(18-11)10(16)13-4-8-7(2)17-6-15-8/h5-6H,3-4H2,1-2H3,(H,12,14)(H,13,16). The Kier molecular flexibility index (Phi) is 3.93. The number of rotatable bonds is 5. The van der Waals surface area contributed by atoms with Crippen LogP contribution in [0.2, 0.25) is 0 Å². The lowest BCUT2D eigenvalue weighted by Gasteiger charge is -2.00. The van der Waals surface area contributed by atoms with E-state index in [2.05, 4.69) is 20.6 Å². The molecule has 2 rings (SSSR count). The molecule has 0 radical (unpaired) electrons. The largest absolute Gasteiger partial charge is 0.448 e. The van der Waals surface area contributed by atoms with E-state index in [1.54, 1.807) is 6.20 Å². The van der Waals surface area contributed by atoms with E-state index in [1.807, 2.05) is 13.8 Å². The number of thiazole rings is 1. The highest BCUT2D eigenvalue weighted by molar-refractivity contribution is 7.17. The van der Waals surface area contributed by atoms with Crippen LogP contribution >= 0.6 is 11.3 Å². The first kappa shape index (κ1) is 12.6. The Labute approximate surface area is 108 Å². The fraction of sp³-hybridized carbons (Fsp3) is 0.364. The van der Waals surface area contributed by atoms with Gasteiger partial charge in [-0.1, -0.05) is 11.3 Å². The van der Waals surface area contributed by atoms with Gasteiger partial charge < -0.3 is 15.1 Å². The number of amides is 1. The zero-order valence-electron chi connectivity index (χ0n) is 10.2. The van der Waals surface area contributed by atoms with Gasteiger partial charge in [-0.05, 0) is 13.8 Å². The van der Waals surface area contributed by atoms with Crippen LogP contribution in [0.3, 0.4) is 0 Å². The third-order valence-electron chi connectivity index (χ3n) is 2.32. The highest BCUT2D eigenvalue weighted by atomic mass is 32.1. The van der Waals surface area contributed by atoms with Crippen LogP contribution in [0.15, 0.2) is 17.0 Å². The Morgan fingerprint density at radius 3 is 3.00 bits per heavy atom. The zero-order valence-corrected chi connectivity index (χ0v) is 11.0. The van der Waals surface area contributed by atoms with Gasteiger partial charge in [0.15, 0.2) is 11.5 Å². The Morgan fingerprint density at radius 2 is 2.33 bits per heavy atom. The molecule has 0 atom stereocenters. The number of hydrogen-bond acceptors (Lipinski definition) is 6. The van der Waals surface area contributed by atoms with Gasteiger partial charge in [0.2, 0.25) is 0 Å². The molecule has 0 aliphatic rings. The van der Waals surface area contributed by atoms with Crippen LogP contribution in [0.25, 0.3) is 0 Å². The second-order valence-electron chi connectivity index (χ2n) is 3.60. The van der Waals surface area contributed by atoms with Crippen molar-refractivity contribution in [2.75, 3.05) is 11.9 Å². The Bertz CT molecular complexity index is 535. The van der Waals surface area contributed by atoms with E-state index < -0.39 is 0 Å². The molecule has 0 saturated heterocycles. The van der Waals surface area contributed by atoms with Gasteiger partial charge in [-0.15, -0.1) is 0 Å². The molecular weight excluding hydrogens is 252 g/mol. The number of anilines is 1. The highest BCUT2D eigenvalue weighted by Crippen LogP contribution is 2.17. The van der Waals surface area contributed by atoms with Crippen molar-refractivity contribution in [1.82, 2.24) is 15.3 Å². The summed E-state index contributed by atoms with van der Waals surface area (Å²) < 4.78 is 5.06. The van der Waals surface area contributed by atoms with Crippen LogP contribution in [0.4, 0.5) is 5.13 Å². The average molecular weight is 266 g/mol. The van der Waals surface area contributed by atoms with Crippen molar-refractivity contribution in [2.24, 2.45) is 0 Å². The van der Waals surface area contributed by atoms with Gasteiger partial charge in [-0.25, -0.2) is 9.97 Å². The topological polar surface area (TPSA) is 80.0 Å². The first-order chi connectivity index (χ1) is 8.70. The van der Waals surface area contributed by atoms with E-state index in [1.165, 1.54) is 17.7 Å². The number of aromatic nitrogens is 2. The quantitative estimate of drug-likeness (QED) is 0.862. The van der Waals surface area contributed by atoms with Crippen LogP contribution < -0.4 is 10.6 Å². The number of nitrogens with one attached hydrogen (secondary N) is 2. The Hall–Kier alpha value is -1.89. The lowest BCUT2D eigenvalue weighted by atomic mass is 10.3. The number of aryl methyl sites for hydroxylation is 1. The maximum atomic E-state index is 11.8. The third kappa shape index (κ3) is 2.86. The molecule has 0 unspecified atom stereocenters. The summed E-state index contributed by atoms with van der Waals surface area (Å²) in [4.78, 5) is 20.5. The molecule has 0 saturated carbocycles. The van der Waals surface area contributed by atoms with Gasteiger partial charge in [0.25, 0.3) is 5.91 Å². The van der Waals surface area contributed by atoms with E-state index >= 15 is 0 Å². The van der Waals surface area contributed by atoms with E-state index in [-0.39, 0.29) is 5.91 Å². The Balaban J connectivity index is 1.93. The van der Waals surface area contributed by atoms with Crippen molar-refractivity contribution in [2.45, 2.75) is 20.4 Å². The molecule has 1 amide bonds. The molecular formula is C11H14N4O2S. The fourth-order valence-corrected chi connectivity index (χ4v) is 2.16. The molecule has 0 spiro atoms. The van der Waals surface area contributed by atoms with E-state index in [4.69, 9.17) is 4.42 Å². The average Bonchev–Trinajstić information content (AvgIpc) is 2.96. The van der Waals surface area contributed by atoms with Gasteiger partial charge >= 0.3 is 0 Å². The van der Waals surface area contributed by atoms with Crippen LogP contribution in [0, 0.1) is 6.92 Å². The van der Waals surface area contributed by atoms with Gasteiger partial charge in [0, 0.05) is 6.54 Å². The van der Waals surface area contributed by atoms with Crippen LogP contribution in [0.1, 0.15) is 28.0 Å². The van der Waals surface area contributed by atoms with Crippen molar-refractivity contribution in [3.8, 4) is 0 Å². The number of carbonyl (C=O) groups excluding carboxylic acids is 1. The minimum Gasteiger partial charge on any atom is -0.448 e. The normalized spacial score (nSPS) is 10.3. The maximum absolute atomic E-state index is 11.8. The summed E-state index contributed by atoms with van der Waals surface area (Å²) in [6, 6.07) is 0. The van der Waals surface area contributed by atoms with Crippen LogP contribution in [-0.2, 0) is 6.54 Å². The van der Waals surface area contributed by atoms with Crippen molar-refractivity contribution in [1.29, 1.82) is 0 Å². The number of nitrogens with zero attached hydrogens (tertiary/aromatic N) is 2. The number of hydrogen-bond donors (Lipinski definition) is 2. The molecule has 0 aliphatic heterocycles. The summed E-state index contributed by atoms with van der Waals surface area (Å²) in [5.41, 5.74) is 0.736. The molecule has 96 valence electrons. The minimum atomic E-state index is -0.154. The molecule has 18 heavy (non-hydrogen) atoms. The van der Waals surface area contributed by atoms with Gasteiger partial charge in [-0.3, -0.25) is 4.79 Å². The zero-order chi connectivity index (χ0) is 13.0. The number of oxazole rings is 1. The molecule has 6 nitrogen and oxygen atoms in total. The van der Waals surface area contributed by atoms with Crippen molar-refractivity contribution in [3.63, 3.8) is 0 Å². The molecule has 2 aromatic heterocycles. The molecule has 0 aromatic carbocycles. The second kappa shape index (κ2) is 5.63. The first-order valence-electron chi connectivity index (χ1n) is 5.57. The summed E-state index contributed by atoms with van der Waals surface area (Å²) in [7, 11) is 0. The summed E-state index contributed by atoms with van der Waals surface area (Å²) in [6.45, 7) is 4.93. The van der Waals surface area contributed by atoms with E-state index in [0.29, 0.717) is 17.2 Å². The van der Waals surface area contributed by atoms with Gasteiger partial charge in [-0.2, -0.15) is 0 Å². The Morgan fingerprint density at radius 1 is 1.50 bits per heavy atom. The molecule has 7 heteroatoms. The van der Waals surface area contributed by atoms with Gasteiger partial charge in [0.1, 0.15) is 16.3 Å². The monoisotopic (exact) mass is 266 g/mol. The predicted molar refractivity (Wildman–Crippen MR) is 68.7 cm³/mol. The molecule has 2 heterocycles. The first-order valence-corrected chi connectivity index (χ1v) is 6.39. The van der Waals surface area contributed by atoms with Crippen molar-refractivity contribution >= 4 is 22.4 Å². The lowest BCUT2D eigenvalue weighted by Crippen LogP contribution is -2.22.